The number of amides is 1. The van der Waals surface area contributed by atoms with Gasteiger partial charge in [-0.2, -0.15) is 0 Å². The monoisotopic (exact) mass is 254 g/mol. The zero-order valence-electron chi connectivity index (χ0n) is 8.15. The first-order valence-corrected chi connectivity index (χ1v) is 5.27. The fraction of sp³-hybridized carbons (Fsp3) is 0. The Kier molecular flexibility index (Phi) is 2.90. The molecule has 2 N–H and O–H groups in total. The first-order valence-electron chi connectivity index (χ1n) is 4.51. The van der Waals surface area contributed by atoms with Gasteiger partial charge in [-0.1, -0.05) is 23.2 Å². The van der Waals surface area contributed by atoms with E-state index < -0.39 is 5.91 Å². The van der Waals surface area contributed by atoms with Gasteiger partial charge in [0.15, 0.2) is 0 Å². The van der Waals surface area contributed by atoms with Crippen molar-refractivity contribution in [3.05, 3.63) is 52.3 Å². The number of benzene rings is 1. The van der Waals surface area contributed by atoms with E-state index in [2.05, 4.69) is 0 Å². The van der Waals surface area contributed by atoms with Crippen LogP contribution in [0.15, 0.2) is 36.7 Å². The maximum absolute atomic E-state index is 10.9. The Bertz CT molecular complexity index is 549. The van der Waals surface area contributed by atoms with Crippen molar-refractivity contribution < 1.29 is 4.79 Å². The van der Waals surface area contributed by atoms with E-state index in [0.29, 0.717) is 15.6 Å². The summed E-state index contributed by atoms with van der Waals surface area (Å²) in [4.78, 5) is 10.9. The number of nitrogens with zero attached hydrogens (tertiary/aromatic N) is 1. The lowest BCUT2D eigenvalue weighted by Crippen LogP contribution is -2.09. The molecule has 5 heteroatoms. The third-order valence-corrected chi connectivity index (χ3v) is 2.92. The molecule has 0 saturated carbocycles. The third kappa shape index (κ3) is 2.05. The van der Waals surface area contributed by atoms with Crippen molar-refractivity contribution >= 4 is 29.1 Å². The number of nitrogens with two attached hydrogens (primary N) is 1. The van der Waals surface area contributed by atoms with Crippen molar-refractivity contribution in [3.63, 3.8) is 0 Å². The van der Waals surface area contributed by atoms with Crippen molar-refractivity contribution in [2.75, 3.05) is 0 Å². The minimum atomic E-state index is -0.459. The predicted octanol–water partition coefficient (Wildman–Crippen LogP) is 2.88. The topological polar surface area (TPSA) is 48.0 Å². The summed E-state index contributed by atoms with van der Waals surface area (Å²) in [5.74, 6) is -0.459. The Labute approximate surface area is 102 Å². The predicted molar refractivity (Wildman–Crippen MR) is 64.3 cm³/mol. The highest BCUT2D eigenvalue weighted by molar-refractivity contribution is 6.42. The maximum atomic E-state index is 10.9. The van der Waals surface area contributed by atoms with Gasteiger partial charge in [-0.3, -0.25) is 4.79 Å². The summed E-state index contributed by atoms with van der Waals surface area (Å²) >= 11 is 11.7. The van der Waals surface area contributed by atoms with E-state index >= 15 is 0 Å². The average molecular weight is 255 g/mol. The van der Waals surface area contributed by atoms with Gasteiger partial charge in [0.2, 0.25) is 5.91 Å². The van der Waals surface area contributed by atoms with Gasteiger partial charge in [-0.15, -0.1) is 0 Å². The molecular formula is C11H8Cl2N2O. The molecule has 0 radical (unpaired) electrons. The number of carbonyl (C=O) groups excluding carboxylic acids is 1. The molecule has 0 atom stereocenters. The molecule has 0 aliphatic rings. The summed E-state index contributed by atoms with van der Waals surface area (Å²) < 4.78 is 1.75. The minimum absolute atomic E-state index is 0.450. The molecule has 0 aliphatic carbocycles. The third-order valence-electron chi connectivity index (χ3n) is 2.18. The Balaban J connectivity index is 2.42. The van der Waals surface area contributed by atoms with Gasteiger partial charge >= 0.3 is 0 Å². The van der Waals surface area contributed by atoms with Crippen molar-refractivity contribution in [2.45, 2.75) is 0 Å². The zero-order chi connectivity index (χ0) is 11.7. The SMILES string of the molecule is NC(=O)c1ccn(-c2ccc(Cl)c(Cl)c2)c1. The van der Waals surface area contributed by atoms with E-state index in [4.69, 9.17) is 28.9 Å². The van der Waals surface area contributed by atoms with Crippen LogP contribution in [0.1, 0.15) is 10.4 Å². The first-order chi connectivity index (χ1) is 7.58. The summed E-state index contributed by atoms with van der Waals surface area (Å²) in [5, 5.41) is 0.959. The van der Waals surface area contributed by atoms with Crippen LogP contribution in [-0.2, 0) is 0 Å². The number of carbonyl (C=O) groups is 1. The van der Waals surface area contributed by atoms with Crippen molar-refractivity contribution in [3.8, 4) is 5.69 Å². The van der Waals surface area contributed by atoms with Crippen LogP contribution in [0.4, 0.5) is 0 Å². The van der Waals surface area contributed by atoms with Gasteiger partial charge in [0.25, 0.3) is 0 Å². The van der Waals surface area contributed by atoms with Crippen LogP contribution in [0.3, 0.4) is 0 Å². The van der Waals surface area contributed by atoms with Crippen LogP contribution < -0.4 is 5.73 Å². The Hall–Kier alpha value is -1.45. The molecule has 0 spiro atoms. The maximum Gasteiger partial charge on any atom is 0.250 e. The van der Waals surface area contributed by atoms with Crippen molar-refractivity contribution in [1.29, 1.82) is 0 Å². The molecule has 1 aromatic heterocycles. The van der Waals surface area contributed by atoms with E-state index in [-0.39, 0.29) is 0 Å². The highest BCUT2D eigenvalue weighted by atomic mass is 35.5. The molecule has 2 rings (SSSR count). The molecule has 16 heavy (non-hydrogen) atoms. The van der Waals surface area contributed by atoms with Gasteiger partial charge in [-0.05, 0) is 24.3 Å². The fourth-order valence-electron chi connectivity index (χ4n) is 1.35. The second-order valence-corrected chi connectivity index (χ2v) is 4.08. The van der Waals surface area contributed by atoms with E-state index in [1.807, 2.05) is 0 Å². The minimum Gasteiger partial charge on any atom is -0.366 e. The molecule has 82 valence electrons. The van der Waals surface area contributed by atoms with E-state index in [1.54, 1.807) is 41.2 Å². The zero-order valence-corrected chi connectivity index (χ0v) is 9.66. The average Bonchev–Trinajstić information content (AvgIpc) is 2.71. The molecule has 0 aliphatic heterocycles. The summed E-state index contributed by atoms with van der Waals surface area (Å²) in [5.41, 5.74) is 6.43. The summed E-state index contributed by atoms with van der Waals surface area (Å²) in [7, 11) is 0. The number of hydrogen-bond donors (Lipinski definition) is 1. The fourth-order valence-corrected chi connectivity index (χ4v) is 1.64. The lowest BCUT2D eigenvalue weighted by Gasteiger charge is -2.03. The first kappa shape index (κ1) is 11.0. The lowest BCUT2D eigenvalue weighted by molar-refractivity contribution is 0.100. The Morgan fingerprint density at radius 3 is 2.50 bits per heavy atom. The number of rotatable bonds is 2. The van der Waals surface area contributed by atoms with Crippen molar-refractivity contribution in [2.24, 2.45) is 5.73 Å². The molecule has 1 heterocycles. The van der Waals surface area contributed by atoms with Gasteiger partial charge in [0.05, 0.1) is 15.6 Å². The highest BCUT2D eigenvalue weighted by Crippen LogP contribution is 2.24. The summed E-state index contributed by atoms with van der Waals surface area (Å²) in [6.07, 6.45) is 3.38. The lowest BCUT2D eigenvalue weighted by atomic mass is 10.3. The quantitative estimate of drug-likeness (QED) is 0.881. The van der Waals surface area contributed by atoms with Crippen LogP contribution in [-0.4, -0.2) is 10.5 Å². The molecule has 1 amide bonds. The van der Waals surface area contributed by atoms with Gasteiger partial charge in [0, 0.05) is 18.1 Å². The van der Waals surface area contributed by atoms with Crippen LogP contribution >= 0.6 is 23.2 Å². The van der Waals surface area contributed by atoms with Gasteiger partial charge < -0.3 is 10.3 Å². The van der Waals surface area contributed by atoms with Crippen LogP contribution in [0.5, 0.6) is 0 Å². The molecule has 3 nitrogen and oxygen atoms in total. The van der Waals surface area contributed by atoms with Gasteiger partial charge in [-0.25, -0.2) is 0 Å². The summed E-state index contributed by atoms with van der Waals surface area (Å²) in [6.45, 7) is 0. The molecule has 0 unspecified atom stereocenters. The van der Waals surface area contributed by atoms with Crippen molar-refractivity contribution in [1.82, 2.24) is 4.57 Å². The molecule has 2 aromatic rings. The Morgan fingerprint density at radius 1 is 1.19 bits per heavy atom. The van der Waals surface area contributed by atoms with E-state index in [9.17, 15) is 4.79 Å². The largest absolute Gasteiger partial charge is 0.366 e. The second-order valence-electron chi connectivity index (χ2n) is 3.27. The van der Waals surface area contributed by atoms with E-state index in [0.717, 1.165) is 5.69 Å². The van der Waals surface area contributed by atoms with Crippen LogP contribution in [0.2, 0.25) is 10.0 Å². The number of primary amides is 1. The number of aromatic nitrogens is 1. The van der Waals surface area contributed by atoms with Gasteiger partial charge in [0.1, 0.15) is 0 Å². The number of hydrogen-bond acceptors (Lipinski definition) is 1. The summed E-state index contributed by atoms with van der Waals surface area (Å²) in [6, 6.07) is 6.86. The molecular weight excluding hydrogens is 247 g/mol. The standard InChI is InChI=1S/C11H8Cl2N2O/c12-9-2-1-8(5-10(9)13)15-4-3-7(6-15)11(14)16/h1-6H,(H2,14,16). The number of halogens is 2. The second kappa shape index (κ2) is 4.20. The van der Waals surface area contributed by atoms with E-state index in [1.165, 1.54) is 0 Å². The molecule has 0 saturated heterocycles. The highest BCUT2D eigenvalue weighted by Gasteiger charge is 2.05. The molecule has 0 bridgehead atoms. The smallest absolute Gasteiger partial charge is 0.250 e. The van der Waals surface area contributed by atoms with Crippen LogP contribution in [0.25, 0.3) is 5.69 Å². The molecule has 1 aromatic carbocycles. The van der Waals surface area contributed by atoms with Crippen LogP contribution in [0, 0.1) is 0 Å². The Morgan fingerprint density at radius 2 is 1.94 bits per heavy atom. The normalized spacial score (nSPS) is 10.4. The molecule has 0 fully saturated rings.